The van der Waals surface area contributed by atoms with Gasteiger partial charge in [0, 0.05) is 18.5 Å². The molecule has 0 spiro atoms. The van der Waals surface area contributed by atoms with Gasteiger partial charge >= 0.3 is 5.97 Å². The zero-order valence-corrected chi connectivity index (χ0v) is 17.5. The molecule has 0 fully saturated rings. The maximum absolute atomic E-state index is 13.0. The summed E-state index contributed by atoms with van der Waals surface area (Å²) in [4.78, 5) is 48.0. The molecule has 1 heterocycles. The highest BCUT2D eigenvalue weighted by atomic mass is 19.1. The summed E-state index contributed by atoms with van der Waals surface area (Å²) in [6.45, 7) is -0.294. The molecule has 0 aliphatic carbocycles. The first-order valence-corrected chi connectivity index (χ1v) is 9.98. The summed E-state index contributed by atoms with van der Waals surface area (Å²) < 4.78 is 28.5. The van der Waals surface area contributed by atoms with Gasteiger partial charge in [-0.05, 0) is 48.4 Å². The fourth-order valence-electron chi connectivity index (χ4n) is 2.92. The van der Waals surface area contributed by atoms with Gasteiger partial charge < -0.3 is 30.6 Å². The van der Waals surface area contributed by atoms with E-state index in [1.165, 1.54) is 12.1 Å². The molecule has 2 aromatic carbocycles. The van der Waals surface area contributed by atoms with E-state index in [-0.39, 0.29) is 31.7 Å². The largest absolute Gasteiger partial charge is 0.454 e. The number of benzene rings is 2. The van der Waals surface area contributed by atoms with Gasteiger partial charge in [0.05, 0.1) is 0 Å². The first-order valence-electron chi connectivity index (χ1n) is 9.98. The van der Waals surface area contributed by atoms with Crippen LogP contribution in [-0.2, 0) is 25.7 Å². The molecule has 3 rings (SSSR count). The Morgan fingerprint density at radius 1 is 1.06 bits per heavy atom. The zero-order chi connectivity index (χ0) is 23.8. The second kappa shape index (κ2) is 10.9. The fourth-order valence-corrected chi connectivity index (χ4v) is 2.92. The van der Waals surface area contributed by atoms with E-state index in [0.29, 0.717) is 11.5 Å². The Morgan fingerprint density at radius 2 is 1.79 bits per heavy atom. The number of fused-ring (bicyclic) bond motifs is 1. The summed E-state index contributed by atoms with van der Waals surface area (Å²) in [7, 11) is 0. The summed E-state index contributed by atoms with van der Waals surface area (Å²) in [5.41, 5.74) is 5.98. The molecule has 0 saturated carbocycles. The van der Waals surface area contributed by atoms with Crippen molar-refractivity contribution in [3.05, 3.63) is 59.4 Å². The van der Waals surface area contributed by atoms with E-state index in [4.69, 9.17) is 19.9 Å². The van der Waals surface area contributed by atoms with E-state index >= 15 is 0 Å². The molecule has 33 heavy (non-hydrogen) atoms. The molecular formula is C22H22FN3O7. The number of hydrogen-bond donors (Lipinski definition) is 3. The lowest BCUT2D eigenvalue weighted by molar-refractivity contribution is -0.150. The van der Waals surface area contributed by atoms with Crippen molar-refractivity contribution < 1.29 is 37.8 Å². The average molecular weight is 459 g/mol. The van der Waals surface area contributed by atoms with Crippen LogP contribution in [0.1, 0.15) is 28.8 Å². The third kappa shape index (κ3) is 6.92. The van der Waals surface area contributed by atoms with Crippen molar-refractivity contribution in [2.75, 3.05) is 13.4 Å². The lowest BCUT2D eigenvalue weighted by atomic mass is 10.1. The lowest BCUT2D eigenvalue weighted by Gasteiger charge is -2.17. The van der Waals surface area contributed by atoms with E-state index in [0.717, 1.165) is 17.7 Å². The Balaban J connectivity index is 1.51. The van der Waals surface area contributed by atoms with Crippen LogP contribution in [0.2, 0.25) is 0 Å². The summed E-state index contributed by atoms with van der Waals surface area (Å²) >= 11 is 0. The summed E-state index contributed by atoms with van der Waals surface area (Å²) in [5.74, 6) is -2.17. The number of ether oxygens (including phenoxy) is 3. The highest BCUT2D eigenvalue weighted by Gasteiger charge is 2.24. The van der Waals surface area contributed by atoms with E-state index in [1.54, 1.807) is 18.2 Å². The topological polar surface area (TPSA) is 146 Å². The van der Waals surface area contributed by atoms with Gasteiger partial charge in [-0.2, -0.15) is 0 Å². The lowest BCUT2D eigenvalue weighted by Crippen LogP contribution is -2.43. The second-order valence-electron chi connectivity index (χ2n) is 7.11. The Morgan fingerprint density at radius 3 is 2.52 bits per heavy atom. The highest BCUT2D eigenvalue weighted by molar-refractivity contribution is 5.97. The van der Waals surface area contributed by atoms with Crippen molar-refractivity contribution in [3.63, 3.8) is 0 Å². The minimum Gasteiger partial charge on any atom is -0.454 e. The predicted molar refractivity (Wildman–Crippen MR) is 111 cm³/mol. The van der Waals surface area contributed by atoms with Gasteiger partial charge in [0.15, 0.2) is 18.1 Å². The van der Waals surface area contributed by atoms with Crippen molar-refractivity contribution >= 4 is 23.7 Å². The minimum atomic E-state index is -1.23. The number of rotatable bonds is 10. The van der Waals surface area contributed by atoms with Crippen LogP contribution in [-0.4, -0.2) is 43.1 Å². The second-order valence-corrected chi connectivity index (χ2v) is 7.11. The molecule has 1 aliphatic heterocycles. The van der Waals surface area contributed by atoms with Crippen molar-refractivity contribution in [3.8, 4) is 11.5 Å². The van der Waals surface area contributed by atoms with Crippen molar-refractivity contribution in [2.45, 2.75) is 25.4 Å². The number of nitrogens with two attached hydrogens (primary N) is 1. The quantitative estimate of drug-likeness (QED) is 0.445. The first-order chi connectivity index (χ1) is 15.8. The minimum absolute atomic E-state index is 0.106. The smallest absolute Gasteiger partial charge is 0.329 e. The fraction of sp³-hybridized carbons (Fsp3) is 0.273. The van der Waals surface area contributed by atoms with Crippen molar-refractivity contribution in [2.24, 2.45) is 5.73 Å². The molecule has 174 valence electrons. The van der Waals surface area contributed by atoms with Crippen LogP contribution in [0.5, 0.6) is 11.5 Å². The Hall–Kier alpha value is -4.15. The van der Waals surface area contributed by atoms with E-state index in [9.17, 15) is 23.6 Å². The monoisotopic (exact) mass is 459 g/mol. The first kappa shape index (κ1) is 23.5. The van der Waals surface area contributed by atoms with Gasteiger partial charge in [0.1, 0.15) is 11.9 Å². The molecule has 11 heteroatoms. The number of primary amides is 1. The summed E-state index contributed by atoms with van der Waals surface area (Å²) in [6.07, 6.45) is -0.320. The maximum Gasteiger partial charge on any atom is 0.329 e. The molecule has 2 aromatic rings. The number of carbonyl (C=O) groups is 4. The van der Waals surface area contributed by atoms with E-state index < -0.39 is 42.2 Å². The number of nitrogens with one attached hydrogen (secondary N) is 2. The highest BCUT2D eigenvalue weighted by Crippen LogP contribution is 2.32. The maximum atomic E-state index is 13.0. The van der Waals surface area contributed by atoms with Gasteiger partial charge in [-0.25, -0.2) is 9.18 Å². The summed E-state index contributed by atoms with van der Waals surface area (Å²) in [5, 5.41) is 5.01. The molecule has 0 radical (unpaired) electrons. The molecule has 10 nitrogen and oxygen atoms in total. The van der Waals surface area contributed by atoms with Crippen molar-refractivity contribution in [1.82, 2.24) is 10.6 Å². The van der Waals surface area contributed by atoms with Gasteiger partial charge in [-0.1, -0.05) is 6.07 Å². The van der Waals surface area contributed by atoms with Crippen LogP contribution in [0.3, 0.4) is 0 Å². The third-order valence-corrected chi connectivity index (χ3v) is 4.65. The Bertz CT molecular complexity index is 1040. The summed E-state index contributed by atoms with van der Waals surface area (Å²) in [6, 6.07) is 8.64. The number of amides is 3. The number of esters is 1. The molecule has 0 saturated heterocycles. The molecule has 4 N–H and O–H groups in total. The normalized spacial score (nSPS) is 12.5. The van der Waals surface area contributed by atoms with Crippen LogP contribution in [0.25, 0.3) is 0 Å². The van der Waals surface area contributed by atoms with Crippen LogP contribution >= 0.6 is 0 Å². The molecule has 3 amide bonds. The number of hydrogen-bond acceptors (Lipinski definition) is 7. The average Bonchev–Trinajstić information content (AvgIpc) is 3.27. The molecule has 0 aromatic heterocycles. The molecular weight excluding hydrogens is 437 g/mol. The van der Waals surface area contributed by atoms with Crippen LogP contribution in [0.15, 0.2) is 42.5 Å². The Labute approximate surface area is 188 Å². The van der Waals surface area contributed by atoms with Crippen molar-refractivity contribution in [1.29, 1.82) is 0 Å². The Kier molecular flexibility index (Phi) is 7.79. The SMILES string of the molecule is NC(=O)CC[C@H](NC(=O)c1ccc(F)cc1)C(=O)OCC(=O)NCc1ccc2c(c1)OCO2. The van der Waals surface area contributed by atoms with Crippen LogP contribution < -0.4 is 25.8 Å². The van der Waals surface area contributed by atoms with E-state index in [1.807, 2.05) is 0 Å². The van der Waals surface area contributed by atoms with Gasteiger partial charge in [0.25, 0.3) is 11.8 Å². The van der Waals surface area contributed by atoms with Gasteiger partial charge in [0.2, 0.25) is 12.7 Å². The number of carbonyl (C=O) groups excluding carboxylic acids is 4. The molecule has 0 bridgehead atoms. The number of halogens is 1. The van der Waals surface area contributed by atoms with Crippen LogP contribution in [0.4, 0.5) is 4.39 Å². The van der Waals surface area contributed by atoms with Gasteiger partial charge in [-0.15, -0.1) is 0 Å². The third-order valence-electron chi connectivity index (χ3n) is 4.65. The molecule has 0 unspecified atom stereocenters. The molecule has 1 aliphatic rings. The standard InChI is InChI=1S/C22H22FN3O7/c23-15-4-2-14(3-5-15)21(29)26-16(6-8-19(24)27)22(30)31-11-20(28)25-10-13-1-7-17-18(9-13)33-12-32-17/h1-5,7,9,16H,6,8,10-12H2,(H2,24,27)(H,25,28)(H,26,29)/t16-/m0/s1. The van der Waals surface area contributed by atoms with E-state index in [2.05, 4.69) is 10.6 Å². The van der Waals surface area contributed by atoms with Gasteiger partial charge in [-0.3, -0.25) is 14.4 Å². The predicted octanol–water partition coefficient (Wildman–Crippen LogP) is 0.778. The van der Waals surface area contributed by atoms with Crippen LogP contribution in [0, 0.1) is 5.82 Å². The zero-order valence-electron chi connectivity index (χ0n) is 17.5. The molecule has 1 atom stereocenters.